The van der Waals surface area contributed by atoms with Crippen LogP contribution in [-0.4, -0.2) is 86.0 Å². The van der Waals surface area contributed by atoms with Crippen LogP contribution in [0.4, 0.5) is 10.5 Å². The second-order valence-corrected chi connectivity index (χ2v) is 8.55. The number of piperidine rings is 1. The lowest BCUT2D eigenvalue weighted by Gasteiger charge is -2.61. The third kappa shape index (κ3) is 3.49. The summed E-state index contributed by atoms with van der Waals surface area (Å²) >= 11 is 0. The van der Waals surface area contributed by atoms with Gasteiger partial charge in [-0.3, -0.25) is 4.79 Å². The van der Waals surface area contributed by atoms with Gasteiger partial charge >= 0.3 is 6.03 Å². The van der Waals surface area contributed by atoms with Crippen LogP contribution in [0, 0.1) is 0 Å². The first-order chi connectivity index (χ1) is 15.1. The second-order valence-electron chi connectivity index (χ2n) is 8.55. The molecular formula is C22H29N3O6. The van der Waals surface area contributed by atoms with Crippen LogP contribution in [0.1, 0.15) is 25.7 Å². The van der Waals surface area contributed by atoms with Gasteiger partial charge in [-0.15, -0.1) is 0 Å². The van der Waals surface area contributed by atoms with Crippen LogP contribution in [0.5, 0.6) is 11.5 Å². The number of benzene rings is 1. The van der Waals surface area contributed by atoms with E-state index in [0.29, 0.717) is 56.7 Å². The van der Waals surface area contributed by atoms with Crippen LogP contribution in [-0.2, 0) is 14.3 Å². The largest absolute Gasteiger partial charge is 0.486 e. The van der Waals surface area contributed by atoms with Gasteiger partial charge in [-0.2, -0.15) is 0 Å². The molecule has 3 amide bonds. The zero-order chi connectivity index (χ0) is 21.4. The SMILES string of the molecule is COC1C(=O)N(C2CCN(C(=O)Nc3ccc4c(c3)OCCO4)CC2)C12CCOCC2. The number of β-lactam (4-membered cyclic amide) rings is 1. The molecule has 0 radical (unpaired) electrons. The number of urea groups is 1. The third-order valence-electron chi connectivity index (χ3n) is 6.93. The van der Waals surface area contributed by atoms with Crippen LogP contribution in [0.3, 0.4) is 0 Å². The molecule has 0 saturated carbocycles. The van der Waals surface area contributed by atoms with Gasteiger partial charge in [0.2, 0.25) is 0 Å². The predicted octanol–water partition coefficient (Wildman–Crippen LogP) is 1.86. The number of nitrogens with zero attached hydrogens (tertiary/aromatic N) is 2. The molecule has 9 heteroatoms. The van der Waals surface area contributed by atoms with Gasteiger partial charge in [-0.05, 0) is 37.8 Å². The summed E-state index contributed by atoms with van der Waals surface area (Å²) in [7, 11) is 1.61. The lowest BCUT2D eigenvalue weighted by Crippen LogP contribution is -2.79. The molecular weight excluding hydrogens is 402 g/mol. The van der Waals surface area contributed by atoms with E-state index < -0.39 is 0 Å². The predicted molar refractivity (Wildman–Crippen MR) is 111 cm³/mol. The van der Waals surface area contributed by atoms with Gasteiger partial charge in [0.1, 0.15) is 13.2 Å². The summed E-state index contributed by atoms with van der Waals surface area (Å²) in [5.41, 5.74) is 0.433. The van der Waals surface area contributed by atoms with Crippen molar-refractivity contribution in [3.8, 4) is 11.5 Å². The Labute approximate surface area is 181 Å². The molecule has 1 N–H and O–H groups in total. The first-order valence-corrected chi connectivity index (χ1v) is 11.0. The van der Waals surface area contributed by atoms with Crippen LogP contribution in [0.15, 0.2) is 18.2 Å². The molecule has 1 unspecified atom stereocenters. The minimum absolute atomic E-state index is 0.0728. The number of carbonyl (C=O) groups is 2. The fraction of sp³-hybridized carbons (Fsp3) is 0.636. The van der Waals surface area contributed by atoms with E-state index in [1.807, 2.05) is 21.9 Å². The Morgan fingerprint density at radius 2 is 1.81 bits per heavy atom. The van der Waals surface area contributed by atoms with E-state index in [1.165, 1.54) is 0 Å². The number of likely N-dealkylation sites (tertiary alicyclic amines) is 2. The van der Waals surface area contributed by atoms with Crippen molar-refractivity contribution in [1.29, 1.82) is 0 Å². The molecule has 4 aliphatic rings. The van der Waals surface area contributed by atoms with E-state index >= 15 is 0 Å². The standard InChI is InChI=1S/C22H29N3O6/c1-28-19-20(26)25(22(19)6-10-29-11-7-22)16-4-8-24(9-5-16)21(27)23-15-2-3-17-18(14-15)31-13-12-30-17/h2-3,14,16,19H,4-13H2,1H3,(H,23,27). The lowest BCUT2D eigenvalue weighted by atomic mass is 9.72. The molecule has 5 rings (SSSR count). The molecule has 3 fully saturated rings. The Morgan fingerprint density at radius 3 is 2.52 bits per heavy atom. The van der Waals surface area contributed by atoms with Gasteiger partial charge in [-0.25, -0.2) is 4.79 Å². The molecule has 0 aliphatic carbocycles. The smallest absolute Gasteiger partial charge is 0.321 e. The maximum absolute atomic E-state index is 12.8. The molecule has 31 heavy (non-hydrogen) atoms. The van der Waals surface area contributed by atoms with Gasteiger partial charge in [0.25, 0.3) is 5.91 Å². The van der Waals surface area contributed by atoms with Gasteiger partial charge in [0, 0.05) is 51.2 Å². The number of methoxy groups -OCH3 is 1. The van der Waals surface area contributed by atoms with Crippen LogP contribution in [0.25, 0.3) is 0 Å². The van der Waals surface area contributed by atoms with Crippen LogP contribution in [0.2, 0.25) is 0 Å². The van der Waals surface area contributed by atoms with Crippen molar-refractivity contribution >= 4 is 17.6 Å². The summed E-state index contributed by atoms with van der Waals surface area (Å²) in [6.45, 7) is 3.56. The number of anilines is 1. The number of amides is 3. The molecule has 4 heterocycles. The van der Waals surface area contributed by atoms with Gasteiger partial charge < -0.3 is 34.1 Å². The highest BCUT2D eigenvalue weighted by atomic mass is 16.6. The number of nitrogens with one attached hydrogen (secondary N) is 1. The van der Waals surface area contributed by atoms with E-state index in [9.17, 15) is 9.59 Å². The van der Waals surface area contributed by atoms with Crippen LogP contribution < -0.4 is 14.8 Å². The average Bonchev–Trinajstić information content (AvgIpc) is 2.80. The zero-order valence-electron chi connectivity index (χ0n) is 17.8. The fourth-order valence-electron chi connectivity index (χ4n) is 5.38. The maximum Gasteiger partial charge on any atom is 0.321 e. The molecule has 0 aromatic heterocycles. The number of carbonyl (C=O) groups excluding carboxylic acids is 2. The molecule has 4 aliphatic heterocycles. The van der Waals surface area contributed by atoms with Crippen molar-refractivity contribution in [3.63, 3.8) is 0 Å². The highest BCUT2D eigenvalue weighted by molar-refractivity contribution is 5.91. The Bertz CT molecular complexity index is 848. The second kappa shape index (κ2) is 8.20. The Kier molecular flexibility index (Phi) is 5.39. The fourth-order valence-corrected chi connectivity index (χ4v) is 5.38. The summed E-state index contributed by atoms with van der Waals surface area (Å²) in [6.07, 6.45) is 2.77. The Hall–Kier alpha value is -2.52. The minimum atomic E-state index is -0.368. The number of fused-ring (bicyclic) bond motifs is 1. The first kappa shape index (κ1) is 20.4. The Balaban J connectivity index is 1.19. The third-order valence-corrected chi connectivity index (χ3v) is 6.93. The Morgan fingerprint density at radius 1 is 1.10 bits per heavy atom. The normalized spacial score (nSPS) is 25.3. The van der Waals surface area contributed by atoms with Crippen molar-refractivity contribution in [1.82, 2.24) is 9.80 Å². The quantitative estimate of drug-likeness (QED) is 0.735. The average molecular weight is 431 g/mol. The highest BCUT2D eigenvalue weighted by Crippen LogP contribution is 2.45. The summed E-state index contributed by atoms with van der Waals surface area (Å²) in [5, 5.41) is 2.95. The van der Waals surface area contributed by atoms with Crippen LogP contribution >= 0.6 is 0 Å². The number of ether oxygens (including phenoxy) is 4. The highest BCUT2D eigenvalue weighted by Gasteiger charge is 2.62. The summed E-state index contributed by atoms with van der Waals surface area (Å²) in [5.74, 6) is 1.41. The van der Waals surface area contributed by atoms with Gasteiger partial charge in [0.15, 0.2) is 17.6 Å². The van der Waals surface area contributed by atoms with E-state index in [4.69, 9.17) is 18.9 Å². The van der Waals surface area contributed by atoms with Crippen molar-refractivity contribution in [2.45, 2.75) is 43.4 Å². The lowest BCUT2D eigenvalue weighted by molar-refractivity contribution is -0.213. The number of hydrogen-bond acceptors (Lipinski definition) is 6. The summed E-state index contributed by atoms with van der Waals surface area (Å²) < 4.78 is 22.2. The van der Waals surface area contributed by atoms with E-state index in [2.05, 4.69) is 5.32 Å². The molecule has 1 atom stereocenters. The summed E-state index contributed by atoms with van der Waals surface area (Å²) in [6, 6.07) is 5.41. The molecule has 1 aromatic carbocycles. The monoisotopic (exact) mass is 431 g/mol. The maximum atomic E-state index is 12.8. The van der Waals surface area contributed by atoms with Crippen molar-refractivity contribution in [2.24, 2.45) is 0 Å². The van der Waals surface area contributed by atoms with E-state index in [-0.39, 0.29) is 29.6 Å². The molecule has 1 aromatic rings. The molecule has 1 spiro atoms. The molecule has 0 bridgehead atoms. The van der Waals surface area contributed by atoms with Gasteiger partial charge in [-0.1, -0.05) is 0 Å². The van der Waals surface area contributed by atoms with E-state index in [1.54, 1.807) is 13.2 Å². The number of rotatable bonds is 3. The molecule has 9 nitrogen and oxygen atoms in total. The van der Waals surface area contributed by atoms with E-state index in [0.717, 1.165) is 25.7 Å². The number of hydrogen-bond donors (Lipinski definition) is 1. The van der Waals surface area contributed by atoms with Crippen molar-refractivity contribution in [3.05, 3.63) is 18.2 Å². The topological polar surface area (TPSA) is 89.6 Å². The van der Waals surface area contributed by atoms with Crippen molar-refractivity contribution in [2.75, 3.05) is 51.9 Å². The molecule has 3 saturated heterocycles. The zero-order valence-corrected chi connectivity index (χ0v) is 17.8. The summed E-state index contributed by atoms with van der Waals surface area (Å²) in [4.78, 5) is 29.4. The van der Waals surface area contributed by atoms with Crippen molar-refractivity contribution < 1.29 is 28.5 Å². The minimum Gasteiger partial charge on any atom is -0.486 e. The van der Waals surface area contributed by atoms with Gasteiger partial charge in [0.05, 0.1) is 5.54 Å². The first-order valence-electron chi connectivity index (χ1n) is 11.0. The molecule has 168 valence electrons.